The SMILES string of the molecule is C[N+]1(C)CC(Oc2ccc(/C=C/c3ccccc3)cc2)C1.[I-]. The molecular weight excluding hydrogens is 385 g/mol. The molecule has 0 unspecified atom stereocenters. The van der Waals surface area contributed by atoms with E-state index in [4.69, 9.17) is 4.74 Å². The summed E-state index contributed by atoms with van der Waals surface area (Å²) in [4.78, 5) is 0. The van der Waals surface area contributed by atoms with Crippen molar-refractivity contribution in [3.8, 4) is 5.75 Å². The summed E-state index contributed by atoms with van der Waals surface area (Å²) >= 11 is 0. The Morgan fingerprint density at radius 1 is 0.864 bits per heavy atom. The van der Waals surface area contributed by atoms with Crippen molar-refractivity contribution in [1.82, 2.24) is 0 Å². The van der Waals surface area contributed by atoms with Crippen molar-refractivity contribution >= 4 is 12.2 Å². The van der Waals surface area contributed by atoms with Gasteiger partial charge in [0.05, 0.1) is 14.1 Å². The van der Waals surface area contributed by atoms with Gasteiger partial charge in [-0.2, -0.15) is 0 Å². The van der Waals surface area contributed by atoms with Crippen LogP contribution in [0, 0.1) is 0 Å². The Kier molecular flexibility index (Phi) is 5.64. The third kappa shape index (κ3) is 4.58. The Morgan fingerprint density at radius 3 is 1.95 bits per heavy atom. The third-order valence-corrected chi connectivity index (χ3v) is 3.85. The van der Waals surface area contributed by atoms with Crippen LogP contribution in [-0.4, -0.2) is 37.8 Å². The Morgan fingerprint density at radius 2 is 1.41 bits per heavy atom. The lowest BCUT2D eigenvalue weighted by molar-refractivity contribution is -0.936. The number of halogens is 1. The molecule has 0 aliphatic carbocycles. The van der Waals surface area contributed by atoms with E-state index in [9.17, 15) is 0 Å². The topological polar surface area (TPSA) is 9.23 Å². The van der Waals surface area contributed by atoms with Crippen LogP contribution in [-0.2, 0) is 0 Å². The van der Waals surface area contributed by atoms with Crippen molar-refractivity contribution in [1.29, 1.82) is 0 Å². The number of hydrogen-bond donors (Lipinski definition) is 0. The van der Waals surface area contributed by atoms with Gasteiger partial charge in [-0.3, -0.25) is 0 Å². The van der Waals surface area contributed by atoms with E-state index >= 15 is 0 Å². The monoisotopic (exact) mass is 407 g/mol. The lowest BCUT2D eigenvalue weighted by Crippen LogP contribution is -3.00. The molecule has 0 N–H and O–H groups in total. The first-order chi connectivity index (χ1) is 10.1. The molecular formula is C19H22INO. The van der Waals surface area contributed by atoms with Crippen molar-refractivity contribution < 1.29 is 33.2 Å². The van der Waals surface area contributed by atoms with Gasteiger partial charge in [0.1, 0.15) is 18.8 Å². The van der Waals surface area contributed by atoms with Gasteiger partial charge in [0.2, 0.25) is 0 Å². The van der Waals surface area contributed by atoms with Gasteiger partial charge in [0.25, 0.3) is 0 Å². The average molecular weight is 407 g/mol. The quantitative estimate of drug-likeness (QED) is 0.412. The fraction of sp³-hybridized carbons (Fsp3) is 0.263. The normalized spacial score (nSPS) is 16.8. The first kappa shape index (κ1) is 17.0. The van der Waals surface area contributed by atoms with Gasteiger partial charge < -0.3 is 33.2 Å². The zero-order valence-corrected chi connectivity index (χ0v) is 15.2. The van der Waals surface area contributed by atoms with E-state index < -0.39 is 0 Å². The molecule has 116 valence electrons. The molecule has 0 atom stereocenters. The molecule has 2 aromatic carbocycles. The van der Waals surface area contributed by atoms with Crippen LogP contribution in [0.1, 0.15) is 11.1 Å². The van der Waals surface area contributed by atoms with Crippen LogP contribution in [0.5, 0.6) is 5.75 Å². The van der Waals surface area contributed by atoms with Crippen LogP contribution in [0.2, 0.25) is 0 Å². The summed E-state index contributed by atoms with van der Waals surface area (Å²) < 4.78 is 7.02. The molecule has 2 nitrogen and oxygen atoms in total. The predicted octanol–water partition coefficient (Wildman–Crippen LogP) is 0.698. The fourth-order valence-electron chi connectivity index (χ4n) is 2.73. The molecule has 1 saturated heterocycles. The molecule has 1 heterocycles. The van der Waals surface area contributed by atoms with E-state index in [1.807, 2.05) is 6.07 Å². The number of quaternary nitrogens is 1. The fourth-order valence-corrected chi connectivity index (χ4v) is 2.73. The van der Waals surface area contributed by atoms with Crippen LogP contribution in [0.25, 0.3) is 12.2 Å². The number of likely N-dealkylation sites (N-methyl/N-ethyl adjacent to an activating group) is 1. The summed E-state index contributed by atoms with van der Waals surface area (Å²) in [6, 6.07) is 18.7. The van der Waals surface area contributed by atoms with Crippen molar-refractivity contribution in [3.05, 3.63) is 65.7 Å². The summed E-state index contributed by atoms with van der Waals surface area (Å²) in [6.45, 7) is 2.19. The lowest BCUT2D eigenvalue weighted by atomic mass is 10.1. The number of hydrogen-bond acceptors (Lipinski definition) is 1. The molecule has 3 heteroatoms. The van der Waals surface area contributed by atoms with E-state index in [-0.39, 0.29) is 24.0 Å². The molecule has 0 saturated carbocycles. The van der Waals surface area contributed by atoms with Crippen molar-refractivity contribution in [2.45, 2.75) is 6.10 Å². The predicted molar refractivity (Wildman–Crippen MR) is 88.1 cm³/mol. The first-order valence-electron chi connectivity index (χ1n) is 7.43. The molecule has 0 spiro atoms. The first-order valence-corrected chi connectivity index (χ1v) is 7.43. The molecule has 1 aliphatic heterocycles. The van der Waals surface area contributed by atoms with Crippen molar-refractivity contribution in [2.24, 2.45) is 0 Å². The van der Waals surface area contributed by atoms with Gasteiger partial charge in [-0.05, 0) is 23.3 Å². The highest BCUT2D eigenvalue weighted by molar-refractivity contribution is 5.69. The zero-order valence-electron chi connectivity index (χ0n) is 13.1. The molecule has 0 aromatic heterocycles. The van der Waals surface area contributed by atoms with Crippen LogP contribution in [0.15, 0.2) is 54.6 Å². The van der Waals surface area contributed by atoms with Crippen molar-refractivity contribution in [3.63, 3.8) is 0 Å². The minimum absolute atomic E-state index is 0. The molecule has 1 fully saturated rings. The molecule has 0 radical (unpaired) electrons. The summed E-state index contributed by atoms with van der Waals surface area (Å²) in [5.74, 6) is 0.969. The summed E-state index contributed by atoms with van der Waals surface area (Å²) in [6.07, 6.45) is 4.62. The van der Waals surface area contributed by atoms with E-state index in [0.29, 0.717) is 6.10 Å². The Balaban J connectivity index is 0.00000176. The van der Waals surface area contributed by atoms with Crippen LogP contribution < -0.4 is 28.7 Å². The Hall–Kier alpha value is -1.33. The zero-order chi connectivity index (χ0) is 14.7. The van der Waals surface area contributed by atoms with E-state index in [1.54, 1.807) is 0 Å². The average Bonchev–Trinajstić information content (AvgIpc) is 2.46. The molecule has 2 aromatic rings. The van der Waals surface area contributed by atoms with Gasteiger partial charge in [0, 0.05) is 0 Å². The van der Waals surface area contributed by atoms with Crippen molar-refractivity contribution in [2.75, 3.05) is 27.2 Å². The molecule has 0 bridgehead atoms. The maximum atomic E-state index is 5.96. The van der Waals surface area contributed by atoms with Gasteiger partial charge in [-0.25, -0.2) is 0 Å². The van der Waals surface area contributed by atoms with E-state index in [1.165, 1.54) is 11.1 Å². The number of benzene rings is 2. The second kappa shape index (κ2) is 7.29. The summed E-state index contributed by atoms with van der Waals surface area (Å²) in [5, 5.41) is 0. The smallest absolute Gasteiger partial charge is 0.196 e. The van der Waals surface area contributed by atoms with Crippen LogP contribution in [0.3, 0.4) is 0 Å². The highest BCUT2D eigenvalue weighted by Crippen LogP contribution is 2.22. The molecule has 0 amide bonds. The standard InChI is InChI=1S/C19H22NO.HI/c1-20(2)14-19(15-20)21-18-12-10-17(11-13-18)9-8-16-6-4-3-5-7-16;/h3-13,19H,14-15H2,1-2H3;1H/q+1;/p-1/b9-8+;. The molecule has 1 aliphatic rings. The number of rotatable bonds is 4. The Bertz CT molecular complexity index is 612. The third-order valence-electron chi connectivity index (χ3n) is 3.85. The Labute approximate surface area is 150 Å². The second-order valence-corrected chi connectivity index (χ2v) is 6.35. The van der Waals surface area contributed by atoms with E-state index in [2.05, 4.69) is 74.8 Å². The second-order valence-electron chi connectivity index (χ2n) is 6.35. The lowest BCUT2D eigenvalue weighted by Gasteiger charge is -2.43. The number of ether oxygens (including phenoxy) is 1. The van der Waals surface area contributed by atoms with Gasteiger partial charge in [-0.1, -0.05) is 54.6 Å². The molecule has 3 rings (SSSR count). The largest absolute Gasteiger partial charge is 1.00 e. The molecule has 22 heavy (non-hydrogen) atoms. The highest BCUT2D eigenvalue weighted by atomic mass is 127. The maximum absolute atomic E-state index is 5.96. The maximum Gasteiger partial charge on any atom is 0.196 e. The van der Waals surface area contributed by atoms with Gasteiger partial charge >= 0.3 is 0 Å². The summed E-state index contributed by atoms with van der Waals surface area (Å²) in [7, 11) is 4.47. The van der Waals surface area contributed by atoms with Crippen LogP contribution >= 0.6 is 0 Å². The highest BCUT2D eigenvalue weighted by Gasteiger charge is 2.38. The minimum atomic E-state index is 0. The number of nitrogens with zero attached hydrogens (tertiary/aromatic N) is 1. The summed E-state index contributed by atoms with van der Waals surface area (Å²) in [5.41, 5.74) is 2.41. The van der Waals surface area contributed by atoms with Gasteiger partial charge in [-0.15, -0.1) is 0 Å². The van der Waals surface area contributed by atoms with E-state index in [0.717, 1.165) is 23.3 Å². The van der Waals surface area contributed by atoms with Gasteiger partial charge in [0.15, 0.2) is 6.10 Å². The number of likely N-dealkylation sites (tertiary alicyclic amines) is 1. The minimum Gasteiger partial charge on any atom is -1.00 e. The van der Waals surface area contributed by atoms with Crippen LogP contribution in [0.4, 0.5) is 0 Å².